The summed E-state index contributed by atoms with van der Waals surface area (Å²) in [4.78, 5) is 23.1. The molecule has 0 heterocycles. The minimum Gasteiger partial charge on any atom is -0.456 e. The Morgan fingerprint density at radius 2 is 1.32 bits per heavy atom. The van der Waals surface area contributed by atoms with Crippen LogP contribution in [0.1, 0.15) is 26.7 Å². The number of quaternary nitrogens is 2. The van der Waals surface area contributed by atoms with E-state index in [1.807, 2.05) is 0 Å². The molecule has 1 aliphatic rings. The molecule has 22 heavy (non-hydrogen) atoms. The zero-order chi connectivity index (χ0) is 17.3. The zero-order valence-corrected chi connectivity index (χ0v) is 15.3. The fraction of sp³-hybridized carbons (Fsp3) is 0.875. The highest BCUT2D eigenvalue weighted by atomic mass is 16.6. The largest absolute Gasteiger partial charge is 0.456 e. The summed E-state index contributed by atoms with van der Waals surface area (Å²) in [5, 5.41) is 0. The third-order valence-electron chi connectivity index (χ3n) is 4.35. The van der Waals surface area contributed by atoms with Gasteiger partial charge in [0.05, 0.1) is 42.3 Å². The summed E-state index contributed by atoms with van der Waals surface area (Å²) in [7, 11) is 12.5. The molecule has 1 fully saturated rings. The van der Waals surface area contributed by atoms with E-state index >= 15 is 0 Å². The van der Waals surface area contributed by atoms with E-state index in [0.29, 0.717) is 8.97 Å². The second-order valence-corrected chi connectivity index (χ2v) is 8.09. The van der Waals surface area contributed by atoms with Gasteiger partial charge in [0.15, 0.2) is 12.1 Å². The normalized spacial score (nSPS) is 29.8. The number of esters is 2. The van der Waals surface area contributed by atoms with Crippen molar-refractivity contribution in [2.24, 2.45) is 0 Å². The van der Waals surface area contributed by atoms with Crippen LogP contribution in [0.2, 0.25) is 0 Å². The van der Waals surface area contributed by atoms with E-state index in [-0.39, 0.29) is 36.2 Å². The van der Waals surface area contributed by atoms with E-state index < -0.39 is 0 Å². The van der Waals surface area contributed by atoms with Crippen LogP contribution >= 0.6 is 0 Å². The number of carbonyl (C=O) groups is 2. The molecule has 0 bridgehead atoms. The Morgan fingerprint density at radius 3 is 1.68 bits per heavy atom. The van der Waals surface area contributed by atoms with Crippen molar-refractivity contribution >= 4 is 11.9 Å². The molecule has 0 unspecified atom stereocenters. The van der Waals surface area contributed by atoms with Crippen LogP contribution in [0.25, 0.3) is 0 Å². The SMILES string of the molecule is CC(=O)O[C@@H]1[C@H]([N+](C)(C)C)[C@@H](OC(C)=O)CC[C@H]1[N+](C)(C)C. The van der Waals surface area contributed by atoms with Gasteiger partial charge in [-0.05, 0) is 6.42 Å². The van der Waals surface area contributed by atoms with Crippen molar-refractivity contribution < 1.29 is 28.0 Å². The molecule has 0 N–H and O–H groups in total. The standard InChI is InChI=1S/C16H32N2O4/c1-11(19)21-14-10-9-13(17(3,4)5)16(22-12(2)20)15(14)18(6,7)8/h13-16H,9-10H2,1-8H3/q+2/t13-,14+,15-,16+/m1/s1. The summed E-state index contributed by atoms with van der Waals surface area (Å²) in [6.07, 6.45) is 1.13. The average molecular weight is 316 g/mol. The van der Waals surface area contributed by atoms with Gasteiger partial charge in [0, 0.05) is 20.3 Å². The molecule has 0 aromatic heterocycles. The Balaban J connectivity index is 3.22. The lowest BCUT2D eigenvalue weighted by Gasteiger charge is -2.50. The molecule has 0 aliphatic heterocycles. The molecule has 0 aromatic rings. The summed E-state index contributed by atoms with van der Waals surface area (Å²) in [6, 6.07) is 0.0990. The summed E-state index contributed by atoms with van der Waals surface area (Å²) in [6.45, 7) is 2.87. The Morgan fingerprint density at radius 1 is 0.818 bits per heavy atom. The predicted molar refractivity (Wildman–Crippen MR) is 84.0 cm³/mol. The number of hydrogen-bond acceptors (Lipinski definition) is 4. The summed E-state index contributed by atoms with van der Waals surface area (Å²) >= 11 is 0. The summed E-state index contributed by atoms with van der Waals surface area (Å²) < 4.78 is 12.6. The molecule has 128 valence electrons. The van der Waals surface area contributed by atoms with Crippen molar-refractivity contribution in [1.82, 2.24) is 0 Å². The van der Waals surface area contributed by atoms with Crippen molar-refractivity contribution in [2.75, 3.05) is 42.3 Å². The maximum Gasteiger partial charge on any atom is 0.303 e. The summed E-state index contributed by atoms with van der Waals surface area (Å²) in [5.74, 6) is -0.570. The van der Waals surface area contributed by atoms with Crippen LogP contribution in [0, 0.1) is 0 Å². The fourth-order valence-corrected chi connectivity index (χ4v) is 3.56. The van der Waals surface area contributed by atoms with Gasteiger partial charge in [0.1, 0.15) is 6.04 Å². The van der Waals surface area contributed by atoms with Gasteiger partial charge in [-0.3, -0.25) is 9.59 Å². The molecule has 1 aliphatic carbocycles. The van der Waals surface area contributed by atoms with E-state index in [0.717, 1.165) is 12.8 Å². The Hall–Kier alpha value is -1.14. The van der Waals surface area contributed by atoms with Crippen molar-refractivity contribution in [2.45, 2.75) is 51.0 Å². The fourth-order valence-electron chi connectivity index (χ4n) is 3.56. The van der Waals surface area contributed by atoms with E-state index in [2.05, 4.69) is 42.3 Å². The molecule has 4 atom stereocenters. The monoisotopic (exact) mass is 316 g/mol. The van der Waals surface area contributed by atoms with Gasteiger partial charge in [-0.2, -0.15) is 0 Å². The molecule has 0 amide bonds. The van der Waals surface area contributed by atoms with Gasteiger partial charge in [-0.25, -0.2) is 0 Å². The van der Waals surface area contributed by atoms with E-state index in [9.17, 15) is 9.59 Å². The lowest BCUT2D eigenvalue weighted by atomic mass is 9.82. The Bertz CT molecular complexity index is 423. The van der Waals surface area contributed by atoms with Gasteiger partial charge in [-0.15, -0.1) is 0 Å². The van der Waals surface area contributed by atoms with Crippen LogP contribution in [-0.2, 0) is 19.1 Å². The molecular weight excluding hydrogens is 284 g/mol. The number of hydrogen-bond donors (Lipinski definition) is 0. The van der Waals surface area contributed by atoms with Crippen LogP contribution in [0.4, 0.5) is 0 Å². The highest BCUT2D eigenvalue weighted by Gasteiger charge is 2.54. The van der Waals surface area contributed by atoms with Gasteiger partial charge >= 0.3 is 11.9 Å². The van der Waals surface area contributed by atoms with Crippen molar-refractivity contribution in [3.05, 3.63) is 0 Å². The van der Waals surface area contributed by atoms with Crippen LogP contribution in [0.5, 0.6) is 0 Å². The van der Waals surface area contributed by atoms with Crippen LogP contribution in [0.3, 0.4) is 0 Å². The summed E-state index contributed by atoms with van der Waals surface area (Å²) in [5.41, 5.74) is 0. The number of likely N-dealkylation sites (N-methyl/N-ethyl adjacent to an activating group) is 2. The molecular formula is C16H32N2O4+2. The number of rotatable bonds is 4. The van der Waals surface area contributed by atoms with Gasteiger partial charge in [-0.1, -0.05) is 0 Å². The second-order valence-electron chi connectivity index (χ2n) is 8.09. The second kappa shape index (κ2) is 6.54. The maximum absolute atomic E-state index is 11.6. The molecule has 1 rings (SSSR count). The van der Waals surface area contributed by atoms with Crippen molar-refractivity contribution in [3.8, 4) is 0 Å². The third kappa shape index (κ3) is 4.68. The first-order chi connectivity index (χ1) is 9.84. The Kier molecular flexibility index (Phi) is 5.62. The quantitative estimate of drug-likeness (QED) is 0.568. The van der Waals surface area contributed by atoms with Crippen LogP contribution in [-0.4, -0.2) is 87.5 Å². The highest BCUT2D eigenvalue weighted by Crippen LogP contribution is 2.34. The molecule has 0 saturated heterocycles. The molecule has 6 nitrogen and oxygen atoms in total. The lowest BCUT2D eigenvalue weighted by Crippen LogP contribution is -2.69. The molecule has 0 spiro atoms. The van der Waals surface area contributed by atoms with Gasteiger partial charge in [0.2, 0.25) is 6.10 Å². The van der Waals surface area contributed by atoms with E-state index in [4.69, 9.17) is 9.47 Å². The maximum atomic E-state index is 11.6. The first-order valence-corrected chi connectivity index (χ1v) is 7.80. The molecule has 0 radical (unpaired) electrons. The van der Waals surface area contributed by atoms with Crippen molar-refractivity contribution in [1.29, 1.82) is 0 Å². The average Bonchev–Trinajstić information content (AvgIpc) is 2.23. The lowest BCUT2D eigenvalue weighted by molar-refractivity contribution is -0.931. The van der Waals surface area contributed by atoms with Gasteiger partial charge < -0.3 is 18.4 Å². The third-order valence-corrected chi connectivity index (χ3v) is 4.35. The minimum absolute atomic E-state index is 0.0797. The highest BCUT2D eigenvalue weighted by molar-refractivity contribution is 5.67. The topological polar surface area (TPSA) is 52.6 Å². The molecule has 1 saturated carbocycles. The molecule has 6 heteroatoms. The smallest absolute Gasteiger partial charge is 0.303 e. The first-order valence-electron chi connectivity index (χ1n) is 7.80. The van der Waals surface area contributed by atoms with Gasteiger partial charge in [0.25, 0.3) is 0 Å². The van der Waals surface area contributed by atoms with E-state index in [1.165, 1.54) is 13.8 Å². The zero-order valence-electron chi connectivity index (χ0n) is 15.3. The minimum atomic E-state index is -0.287. The van der Waals surface area contributed by atoms with Crippen molar-refractivity contribution in [3.63, 3.8) is 0 Å². The van der Waals surface area contributed by atoms with Crippen LogP contribution < -0.4 is 0 Å². The predicted octanol–water partition coefficient (Wildman–Crippen LogP) is 0.793. The number of ether oxygens (including phenoxy) is 2. The van der Waals surface area contributed by atoms with E-state index in [1.54, 1.807) is 0 Å². The number of nitrogens with zero attached hydrogens (tertiary/aromatic N) is 2. The number of carbonyl (C=O) groups excluding carboxylic acids is 2. The Labute approximate surface area is 134 Å². The van der Waals surface area contributed by atoms with Crippen LogP contribution in [0.15, 0.2) is 0 Å². The first kappa shape index (κ1) is 18.9. The molecule has 0 aromatic carbocycles.